The van der Waals surface area contributed by atoms with Gasteiger partial charge in [-0.3, -0.25) is 4.79 Å². The smallest absolute Gasteiger partial charge is 0.264 e. The first kappa shape index (κ1) is 9.98. The fourth-order valence-electron chi connectivity index (χ4n) is 1.27. The Bertz CT molecular complexity index is 484. The molecular weight excluding hydrogens is 208 g/mol. The highest BCUT2D eigenvalue weighted by Gasteiger charge is 1.98. The predicted octanol–water partition coefficient (Wildman–Crippen LogP) is 2.16. The van der Waals surface area contributed by atoms with Crippen molar-refractivity contribution in [3.05, 3.63) is 46.8 Å². The Labute approximate surface area is 91.5 Å². The topological polar surface area (TPSA) is 45.8 Å². The zero-order valence-corrected chi connectivity index (χ0v) is 9.04. The number of H-pyrrole nitrogens is 1. The summed E-state index contributed by atoms with van der Waals surface area (Å²) in [4.78, 5) is 12.0. The second-order valence-corrected chi connectivity index (χ2v) is 3.91. The highest BCUT2D eigenvalue weighted by molar-refractivity contribution is 7.98. The minimum Gasteiger partial charge on any atom is -0.268 e. The Hall–Kier alpha value is -1.55. The number of aromatic amines is 1. The van der Waals surface area contributed by atoms with Crippen molar-refractivity contribution in [1.29, 1.82) is 0 Å². The van der Waals surface area contributed by atoms with E-state index in [1.165, 1.54) is 11.0 Å². The second kappa shape index (κ2) is 4.31. The van der Waals surface area contributed by atoms with Crippen molar-refractivity contribution in [2.24, 2.45) is 0 Å². The van der Waals surface area contributed by atoms with Gasteiger partial charge in [0, 0.05) is 16.5 Å². The number of aromatic nitrogens is 2. The lowest BCUT2D eigenvalue weighted by Gasteiger charge is -2.00. The van der Waals surface area contributed by atoms with Gasteiger partial charge in [0.15, 0.2) is 0 Å². The standard InChI is InChI=1S/C11H10N2OS/c1-15-9-4-2-8(3-5-9)10-6-7-11(14)13-12-10/h2-7H,1H3,(H,13,14). The fourth-order valence-corrected chi connectivity index (χ4v) is 1.68. The van der Waals surface area contributed by atoms with E-state index in [1.54, 1.807) is 17.8 Å². The van der Waals surface area contributed by atoms with Crippen LogP contribution >= 0.6 is 11.8 Å². The van der Waals surface area contributed by atoms with Gasteiger partial charge in [0.25, 0.3) is 5.56 Å². The number of hydrogen-bond donors (Lipinski definition) is 1. The predicted molar refractivity (Wildman–Crippen MR) is 62.1 cm³/mol. The number of benzene rings is 1. The molecule has 0 atom stereocenters. The van der Waals surface area contributed by atoms with Crippen LogP contribution in [0.15, 0.2) is 46.1 Å². The summed E-state index contributed by atoms with van der Waals surface area (Å²) in [7, 11) is 0. The third-order valence-electron chi connectivity index (χ3n) is 2.06. The van der Waals surface area contributed by atoms with Gasteiger partial charge in [0.1, 0.15) is 0 Å². The summed E-state index contributed by atoms with van der Waals surface area (Å²) < 4.78 is 0. The highest BCUT2D eigenvalue weighted by Crippen LogP contribution is 2.20. The van der Waals surface area contributed by atoms with E-state index in [4.69, 9.17) is 0 Å². The molecule has 76 valence electrons. The molecular formula is C11H10N2OS. The number of thioether (sulfide) groups is 1. The van der Waals surface area contributed by atoms with Crippen molar-refractivity contribution in [2.45, 2.75) is 4.90 Å². The lowest BCUT2D eigenvalue weighted by Crippen LogP contribution is -2.05. The summed E-state index contributed by atoms with van der Waals surface area (Å²) in [5.41, 5.74) is 1.60. The molecule has 1 N–H and O–H groups in total. The van der Waals surface area contributed by atoms with Crippen LogP contribution in [0.3, 0.4) is 0 Å². The lowest BCUT2D eigenvalue weighted by molar-refractivity contribution is 0.995. The molecule has 0 saturated carbocycles. The van der Waals surface area contributed by atoms with Gasteiger partial charge < -0.3 is 0 Å². The quantitative estimate of drug-likeness (QED) is 0.786. The van der Waals surface area contributed by atoms with Crippen LogP contribution in [0.25, 0.3) is 11.3 Å². The van der Waals surface area contributed by atoms with Crippen molar-refractivity contribution >= 4 is 11.8 Å². The molecule has 0 unspecified atom stereocenters. The van der Waals surface area contributed by atoms with Crippen molar-refractivity contribution in [2.75, 3.05) is 6.26 Å². The molecule has 3 nitrogen and oxygen atoms in total. The zero-order chi connectivity index (χ0) is 10.7. The first-order chi connectivity index (χ1) is 7.29. The molecule has 0 radical (unpaired) electrons. The maximum absolute atomic E-state index is 10.8. The fraction of sp³-hybridized carbons (Fsp3) is 0.0909. The van der Waals surface area contributed by atoms with E-state index in [9.17, 15) is 4.79 Å². The summed E-state index contributed by atoms with van der Waals surface area (Å²) in [6.07, 6.45) is 2.03. The van der Waals surface area contributed by atoms with E-state index in [0.29, 0.717) is 0 Å². The molecule has 0 aliphatic carbocycles. The molecule has 0 aliphatic rings. The monoisotopic (exact) mass is 218 g/mol. The SMILES string of the molecule is CSc1ccc(-c2ccc(=O)[nH]n2)cc1. The van der Waals surface area contributed by atoms with Crippen molar-refractivity contribution in [3.8, 4) is 11.3 Å². The maximum Gasteiger partial charge on any atom is 0.264 e. The van der Waals surface area contributed by atoms with E-state index >= 15 is 0 Å². The van der Waals surface area contributed by atoms with Crippen LogP contribution in [0.2, 0.25) is 0 Å². The number of nitrogens with zero attached hydrogens (tertiary/aromatic N) is 1. The molecule has 2 aromatic rings. The van der Waals surface area contributed by atoms with Crippen LogP contribution < -0.4 is 5.56 Å². The molecule has 15 heavy (non-hydrogen) atoms. The van der Waals surface area contributed by atoms with Crippen LogP contribution in [-0.2, 0) is 0 Å². The van der Waals surface area contributed by atoms with Crippen molar-refractivity contribution in [1.82, 2.24) is 10.2 Å². The average molecular weight is 218 g/mol. The minimum absolute atomic E-state index is 0.181. The van der Waals surface area contributed by atoms with Crippen LogP contribution in [0.5, 0.6) is 0 Å². The van der Waals surface area contributed by atoms with Crippen LogP contribution in [-0.4, -0.2) is 16.5 Å². The van der Waals surface area contributed by atoms with Gasteiger partial charge in [-0.2, -0.15) is 5.10 Å². The zero-order valence-electron chi connectivity index (χ0n) is 8.23. The lowest BCUT2D eigenvalue weighted by atomic mass is 10.1. The van der Waals surface area contributed by atoms with Gasteiger partial charge in [-0.05, 0) is 24.5 Å². The van der Waals surface area contributed by atoms with E-state index < -0.39 is 0 Å². The van der Waals surface area contributed by atoms with Crippen molar-refractivity contribution < 1.29 is 0 Å². The minimum atomic E-state index is -0.181. The number of nitrogens with one attached hydrogen (secondary N) is 1. The maximum atomic E-state index is 10.8. The Kier molecular flexibility index (Phi) is 2.87. The summed E-state index contributed by atoms with van der Waals surface area (Å²) in [5.74, 6) is 0. The molecule has 0 aliphatic heterocycles. The third-order valence-corrected chi connectivity index (χ3v) is 2.81. The number of rotatable bonds is 2. The van der Waals surface area contributed by atoms with Gasteiger partial charge >= 0.3 is 0 Å². The molecule has 0 fully saturated rings. The van der Waals surface area contributed by atoms with E-state index in [1.807, 2.05) is 30.5 Å². The molecule has 0 bridgehead atoms. The summed E-state index contributed by atoms with van der Waals surface area (Å²) in [6, 6.07) is 11.2. The molecule has 2 rings (SSSR count). The molecule has 1 aromatic carbocycles. The molecule has 1 aromatic heterocycles. The first-order valence-electron chi connectivity index (χ1n) is 4.50. The van der Waals surface area contributed by atoms with Crippen LogP contribution in [0.1, 0.15) is 0 Å². The van der Waals surface area contributed by atoms with Gasteiger partial charge in [0.05, 0.1) is 5.69 Å². The Morgan fingerprint density at radius 2 is 1.87 bits per heavy atom. The van der Waals surface area contributed by atoms with E-state index in [0.717, 1.165) is 11.3 Å². The average Bonchev–Trinajstić information content (AvgIpc) is 2.30. The third kappa shape index (κ3) is 2.27. The number of hydrogen-bond acceptors (Lipinski definition) is 3. The molecule has 0 amide bonds. The summed E-state index contributed by atoms with van der Waals surface area (Å²) in [6.45, 7) is 0. The van der Waals surface area contributed by atoms with Crippen LogP contribution in [0.4, 0.5) is 0 Å². The normalized spacial score (nSPS) is 10.2. The highest BCUT2D eigenvalue weighted by atomic mass is 32.2. The molecule has 0 spiro atoms. The first-order valence-corrected chi connectivity index (χ1v) is 5.72. The summed E-state index contributed by atoms with van der Waals surface area (Å²) in [5, 5.41) is 6.38. The van der Waals surface area contributed by atoms with Gasteiger partial charge in [-0.1, -0.05) is 12.1 Å². The second-order valence-electron chi connectivity index (χ2n) is 3.03. The van der Waals surface area contributed by atoms with Gasteiger partial charge in [0.2, 0.25) is 0 Å². The molecule has 0 saturated heterocycles. The Morgan fingerprint density at radius 1 is 1.13 bits per heavy atom. The van der Waals surface area contributed by atoms with Crippen LogP contribution in [0, 0.1) is 0 Å². The van der Waals surface area contributed by atoms with Gasteiger partial charge in [-0.15, -0.1) is 11.8 Å². The largest absolute Gasteiger partial charge is 0.268 e. The van der Waals surface area contributed by atoms with E-state index in [2.05, 4.69) is 10.2 Å². The molecule has 1 heterocycles. The van der Waals surface area contributed by atoms with Crippen molar-refractivity contribution in [3.63, 3.8) is 0 Å². The Morgan fingerprint density at radius 3 is 2.40 bits per heavy atom. The van der Waals surface area contributed by atoms with E-state index in [-0.39, 0.29) is 5.56 Å². The summed E-state index contributed by atoms with van der Waals surface area (Å²) >= 11 is 1.70. The molecule has 4 heteroatoms. The Balaban J connectivity index is 2.37. The van der Waals surface area contributed by atoms with Gasteiger partial charge in [-0.25, -0.2) is 5.10 Å².